The molecule has 1 unspecified atom stereocenters. The zero-order valence-corrected chi connectivity index (χ0v) is 9.80. The molecule has 0 saturated carbocycles. The molecule has 0 spiro atoms. The first-order valence-electron chi connectivity index (χ1n) is 5.82. The number of ether oxygens (including phenoxy) is 1. The zero-order chi connectivity index (χ0) is 12.5. The Morgan fingerprint density at radius 1 is 1.22 bits per heavy atom. The third-order valence-corrected chi connectivity index (χ3v) is 3.14. The molecule has 3 rings (SSSR count). The first kappa shape index (κ1) is 10.8. The van der Waals surface area contributed by atoms with Gasteiger partial charge in [0.2, 0.25) is 0 Å². The maximum atomic E-state index is 11.3. The molecule has 2 aromatic rings. The van der Waals surface area contributed by atoms with Crippen LogP contribution < -0.4 is 0 Å². The lowest BCUT2D eigenvalue weighted by Crippen LogP contribution is -2.09. The molecular formula is C16H12O2. The maximum absolute atomic E-state index is 11.3. The molecule has 88 valence electrons. The van der Waals surface area contributed by atoms with Crippen molar-refractivity contribution in [2.75, 3.05) is 0 Å². The van der Waals surface area contributed by atoms with Gasteiger partial charge in [0.05, 0.1) is 0 Å². The molecule has 0 aromatic heterocycles. The van der Waals surface area contributed by atoms with Crippen LogP contribution in [0.5, 0.6) is 0 Å². The Morgan fingerprint density at radius 3 is 2.78 bits per heavy atom. The zero-order valence-electron chi connectivity index (χ0n) is 9.80. The molecule has 0 bridgehead atoms. The first-order valence-corrected chi connectivity index (χ1v) is 5.82. The number of rotatable bonds is 2. The predicted octanol–water partition coefficient (Wildman–Crippen LogP) is 3.64. The lowest BCUT2D eigenvalue weighted by Gasteiger charge is -2.20. The van der Waals surface area contributed by atoms with Crippen molar-refractivity contribution in [3.05, 3.63) is 66.3 Å². The molecule has 0 saturated heterocycles. The van der Waals surface area contributed by atoms with Crippen LogP contribution in [0.4, 0.5) is 0 Å². The van der Waals surface area contributed by atoms with Crippen molar-refractivity contribution >= 4 is 22.8 Å². The van der Waals surface area contributed by atoms with E-state index in [0.29, 0.717) is 0 Å². The number of hydrogen-bond donors (Lipinski definition) is 0. The molecule has 1 aliphatic carbocycles. The van der Waals surface area contributed by atoms with E-state index in [2.05, 4.69) is 24.8 Å². The Balaban J connectivity index is 2.15. The summed E-state index contributed by atoms with van der Waals surface area (Å²) in [5.41, 5.74) is 2.19. The molecule has 0 heterocycles. The fourth-order valence-electron chi connectivity index (χ4n) is 2.35. The minimum atomic E-state index is -0.402. The van der Waals surface area contributed by atoms with E-state index < -0.39 is 5.97 Å². The highest BCUT2D eigenvalue weighted by Crippen LogP contribution is 2.35. The average Bonchev–Trinajstić information content (AvgIpc) is 2.42. The Labute approximate surface area is 105 Å². The highest BCUT2D eigenvalue weighted by Gasteiger charge is 2.19. The first-order chi connectivity index (χ1) is 8.79. The summed E-state index contributed by atoms with van der Waals surface area (Å²) in [5.74, 6) is -0.402. The van der Waals surface area contributed by atoms with Crippen LogP contribution in [0.3, 0.4) is 0 Å². The Hall–Kier alpha value is -2.35. The summed E-state index contributed by atoms with van der Waals surface area (Å²) in [5, 5.41) is 2.32. The van der Waals surface area contributed by atoms with Gasteiger partial charge < -0.3 is 4.74 Å². The number of benzene rings is 2. The molecule has 2 aromatic carbocycles. The van der Waals surface area contributed by atoms with Gasteiger partial charge in [-0.3, -0.25) is 0 Å². The van der Waals surface area contributed by atoms with Crippen molar-refractivity contribution in [3.8, 4) is 0 Å². The lowest BCUT2D eigenvalue weighted by atomic mass is 9.91. The van der Waals surface area contributed by atoms with Gasteiger partial charge in [-0.1, -0.05) is 49.1 Å². The molecule has 2 nitrogen and oxygen atoms in total. The minimum absolute atomic E-state index is 0.325. The van der Waals surface area contributed by atoms with Crippen molar-refractivity contribution in [1.29, 1.82) is 0 Å². The van der Waals surface area contributed by atoms with Gasteiger partial charge in [-0.15, -0.1) is 0 Å². The van der Waals surface area contributed by atoms with Crippen molar-refractivity contribution in [1.82, 2.24) is 0 Å². The van der Waals surface area contributed by atoms with Gasteiger partial charge in [-0.25, -0.2) is 4.79 Å². The van der Waals surface area contributed by atoms with Gasteiger partial charge in [0.25, 0.3) is 0 Å². The minimum Gasteiger partial charge on any atom is -0.450 e. The van der Waals surface area contributed by atoms with Crippen LogP contribution in [0.1, 0.15) is 17.2 Å². The van der Waals surface area contributed by atoms with E-state index in [-0.39, 0.29) is 6.10 Å². The van der Waals surface area contributed by atoms with E-state index in [1.54, 1.807) is 0 Å². The largest absolute Gasteiger partial charge is 0.450 e. The van der Waals surface area contributed by atoms with Crippen molar-refractivity contribution in [2.24, 2.45) is 0 Å². The molecule has 18 heavy (non-hydrogen) atoms. The molecule has 1 atom stereocenters. The third kappa shape index (κ3) is 1.63. The standard InChI is InChI=1S/C16H12O2/c1-2-15(17)18-14-10-9-12-6-3-5-11-7-4-8-13(14)16(11)12/h2-10,14H,1H2. The lowest BCUT2D eigenvalue weighted by molar-refractivity contribution is -0.141. The SMILES string of the molecule is C=CC(=O)OC1C=Cc2cccc3cccc1c23. The molecular weight excluding hydrogens is 224 g/mol. The average molecular weight is 236 g/mol. The predicted molar refractivity (Wildman–Crippen MR) is 72.0 cm³/mol. The fraction of sp³-hybridized carbons (Fsp3) is 0.0625. The van der Waals surface area contributed by atoms with Crippen LogP contribution in [0, 0.1) is 0 Å². The van der Waals surface area contributed by atoms with Crippen LogP contribution in [0.15, 0.2) is 55.1 Å². The number of esters is 1. The quantitative estimate of drug-likeness (QED) is 0.587. The Kier molecular flexibility index (Phi) is 2.49. The van der Waals surface area contributed by atoms with Gasteiger partial charge in [0.1, 0.15) is 6.10 Å². The van der Waals surface area contributed by atoms with E-state index in [1.165, 1.54) is 6.08 Å². The molecule has 0 amide bonds. The van der Waals surface area contributed by atoms with Crippen molar-refractivity contribution < 1.29 is 9.53 Å². The van der Waals surface area contributed by atoms with Gasteiger partial charge >= 0.3 is 5.97 Å². The van der Waals surface area contributed by atoms with Gasteiger partial charge in [-0.2, -0.15) is 0 Å². The number of carbonyl (C=O) groups excluding carboxylic acids is 1. The summed E-state index contributed by atoms with van der Waals surface area (Å²) < 4.78 is 5.34. The summed E-state index contributed by atoms with van der Waals surface area (Å²) in [4.78, 5) is 11.3. The summed E-state index contributed by atoms with van der Waals surface area (Å²) in [6.07, 6.45) is 4.76. The monoisotopic (exact) mass is 236 g/mol. The summed E-state index contributed by atoms with van der Waals surface area (Å²) in [6, 6.07) is 12.2. The highest BCUT2D eigenvalue weighted by atomic mass is 16.5. The topological polar surface area (TPSA) is 26.3 Å². The molecule has 0 fully saturated rings. The summed E-state index contributed by atoms with van der Waals surface area (Å²) in [7, 11) is 0. The third-order valence-electron chi connectivity index (χ3n) is 3.14. The molecule has 0 N–H and O–H groups in total. The van der Waals surface area contributed by atoms with Crippen molar-refractivity contribution in [3.63, 3.8) is 0 Å². The maximum Gasteiger partial charge on any atom is 0.331 e. The summed E-state index contributed by atoms with van der Waals surface area (Å²) in [6.45, 7) is 3.42. The second-order valence-electron chi connectivity index (χ2n) is 4.21. The van der Waals surface area contributed by atoms with Gasteiger partial charge in [0, 0.05) is 11.6 Å². The molecule has 1 aliphatic rings. The smallest absolute Gasteiger partial charge is 0.331 e. The van der Waals surface area contributed by atoms with Crippen LogP contribution in [0.2, 0.25) is 0 Å². The van der Waals surface area contributed by atoms with E-state index in [9.17, 15) is 4.79 Å². The van der Waals surface area contributed by atoms with E-state index >= 15 is 0 Å². The van der Waals surface area contributed by atoms with E-state index in [4.69, 9.17) is 4.74 Å². The fourth-order valence-corrected chi connectivity index (χ4v) is 2.35. The Bertz CT molecular complexity index is 663. The van der Waals surface area contributed by atoms with Crippen LogP contribution >= 0.6 is 0 Å². The van der Waals surface area contributed by atoms with E-state index in [0.717, 1.165) is 21.9 Å². The number of carbonyl (C=O) groups is 1. The normalized spacial score (nSPS) is 16.6. The van der Waals surface area contributed by atoms with Gasteiger partial charge in [-0.05, 0) is 22.4 Å². The second kappa shape index (κ2) is 4.15. The molecule has 0 aliphatic heterocycles. The number of hydrogen-bond acceptors (Lipinski definition) is 2. The van der Waals surface area contributed by atoms with Crippen LogP contribution in [0.25, 0.3) is 16.8 Å². The molecule has 2 heteroatoms. The second-order valence-corrected chi connectivity index (χ2v) is 4.21. The van der Waals surface area contributed by atoms with Crippen LogP contribution in [-0.2, 0) is 9.53 Å². The molecule has 0 radical (unpaired) electrons. The van der Waals surface area contributed by atoms with Gasteiger partial charge in [0.15, 0.2) is 0 Å². The summed E-state index contributed by atoms with van der Waals surface area (Å²) >= 11 is 0. The van der Waals surface area contributed by atoms with Crippen LogP contribution in [-0.4, -0.2) is 5.97 Å². The highest BCUT2D eigenvalue weighted by molar-refractivity contribution is 5.95. The van der Waals surface area contributed by atoms with Crippen molar-refractivity contribution in [2.45, 2.75) is 6.10 Å². The van der Waals surface area contributed by atoms with E-state index in [1.807, 2.05) is 30.4 Å². The Morgan fingerprint density at radius 2 is 2.00 bits per heavy atom.